The average molecular weight is 436 g/mol. The van der Waals surface area contributed by atoms with Crippen molar-refractivity contribution in [2.45, 2.75) is 6.42 Å². The predicted molar refractivity (Wildman–Crippen MR) is 122 cm³/mol. The number of ether oxygens (including phenoxy) is 3. The number of hydrogen-bond acceptors (Lipinski definition) is 6. The number of nitrogens with one attached hydrogen (secondary N) is 1. The third kappa shape index (κ3) is 4.97. The van der Waals surface area contributed by atoms with E-state index < -0.39 is 5.91 Å². The van der Waals surface area contributed by atoms with Gasteiger partial charge in [-0.2, -0.15) is 4.99 Å². The molecule has 2 aromatic rings. The summed E-state index contributed by atoms with van der Waals surface area (Å²) in [5, 5.41) is 10.6. The first-order chi connectivity index (χ1) is 15.1. The highest BCUT2D eigenvalue weighted by atomic mass is 32.2. The maximum atomic E-state index is 12.2. The fourth-order valence-corrected chi connectivity index (χ4v) is 3.67. The van der Waals surface area contributed by atoms with Gasteiger partial charge < -0.3 is 14.2 Å². The van der Waals surface area contributed by atoms with Crippen LogP contribution in [-0.2, 0) is 4.79 Å². The van der Waals surface area contributed by atoms with Crippen LogP contribution in [0.2, 0.25) is 0 Å². The van der Waals surface area contributed by atoms with Crippen molar-refractivity contribution < 1.29 is 19.0 Å². The first-order valence-corrected chi connectivity index (χ1v) is 10.6. The van der Waals surface area contributed by atoms with E-state index in [1.165, 1.54) is 11.8 Å². The fourth-order valence-electron chi connectivity index (χ4n) is 2.97. The second-order valence-corrected chi connectivity index (χ2v) is 7.55. The Bertz CT molecular complexity index is 1060. The molecule has 2 aliphatic heterocycles. The molecule has 7 nitrogen and oxygen atoms in total. The van der Waals surface area contributed by atoms with Gasteiger partial charge in [0.2, 0.25) is 0 Å². The molecule has 2 aliphatic rings. The van der Waals surface area contributed by atoms with Crippen molar-refractivity contribution in [1.29, 1.82) is 5.41 Å². The third-order valence-corrected chi connectivity index (χ3v) is 5.35. The first-order valence-electron chi connectivity index (χ1n) is 9.70. The van der Waals surface area contributed by atoms with Crippen LogP contribution in [-0.4, -0.2) is 42.1 Å². The Morgan fingerprint density at radius 3 is 2.26 bits per heavy atom. The number of amides is 1. The van der Waals surface area contributed by atoms with Crippen molar-refractivity contribution in [2.75, 3.05) is 20.3 Å². The molecule has 8 heteroatoms. The number of carbonyl (C=O) groups excluding carboxylic acids is 1. The molecule has 0 atom stereocenters. The molecule has 4 rings (SSSR count). The molecule has 0 spiro atoms. The van der Waals surface area contributed by atoms with Gasteiger partial charge in [0.25, 0.3) is 5.91 Å². The molecule has 0 unspecified atom stereocenters. The Morgan fingerprint density at radius 1 is 1.00 bits per heavy atom. The quantitative estimate of drug-likeness (QED) is 0.491. The van der Waals surface area contributed by atoms with E-state index in [0.717, 1.165) is 29.2 Å². The van der Waals surface area contributed by atoms with Crippen LogP contribution in [0.5, 0.6) is 17.2 Å². The molecule has 0 saturated carbocycles. The predicted octanol–water partition coefficient (Wildman–Crippen LogP) is 4.32. The number of carbonyl (C=O) groups is 1. The molecule has 0 saturated heterocycles. The topological polar surface area (TPSA) is 84.2 Å². The highest BCUT2D eigenvalue weighted by Gasteiger charge is 2.30. The Balaban J connectivity index is 1.26. The lowest BCUT2D eigenvalue weighted by Crippen LogP contribution is -2.35. The van der Waals surface area contributed by atoms with E-state index >= 15 is 0 Å². The maximum Gasteiger partial charge on any atom is 0.283 e. The second-order valence-electron chi connectivity index (χ2n) is 6.67. The lowest BCUT2D eigenvalue weighted by atomic mass is 10.1. The molecule has 0 bridgehead atoms. The van der Waals surface area contributed by atoms with Crippen LogP contribution in [0.3, 0.4) is 0 Å². The standard InChI is InChI=1S/C23H21N3O4S/c1-28-17-7-9-19(10-8-17)30-13-2-12-29-18-5-3-16(4-6-18)15-20-21(24)26-11-14-31-23(26)25-22(20)27/h3-11,14-15,24H,2,12-13H2,1H3/b20-15-,24-21?. The zero-order valence-corrected chi connectivity index (χ0v) is 17.7. The van der Waals surface area contributed by atoms with Gasteiger partial charge in [-0.25, -0.2) is 0 Å². The van der Waals surface area contributed by atoms with Gasteiger partial charge in [0.05, 0.1) is 25.9 Å². The van der Waals surface area contributed by atoms with Crippen LogP contribution in [0, 0.1) is 5.41 Å². The molecular formula is C23H21N3O4S. The lowest BCUT2D eigenvalue weighted by molar-refractivity contribution is -0.114. The van der Waals surface area contributed by atoms with Gasteiger partial charge in [-0.05, 0) is 53.4 Å². The number of thioether (sulfide) groups is 1. The van der Waals surface area contributed by atoms with Crippen molar-refractivity contribution in [3.63, 3.8) is 0 Å². The van der Waals surface area contributed by atoms with Crippen LogP contribution in [0.25, 0.3) is 6.08 Å². The normalized spacial score (nSPS) is 16.4. The van der Waals surface area contributed by atoms with E-state index in [1.807, 2.05) is 48.5 Å². The minimum atomic E-state index is -0.398. The van der Waals surface area contributed by atoms with Crippen molar-refractivity contribution >= 4 is 34.7 Å². The van der Waals surface area contributed by atoms with Crippen LogP contribution < -0.4 is 14.2 Å². The van der Waals surface area contributed by atoms with Gasteiger partial charge in [0.1, 0.15) is 23.1 Å². The molecular weight excluding hydrogens is 414 g/mol. The molecule has 0 radical (unpaired) electrons. The Morgan fingerprint density at radius 2 is 1.61 bits per heavy atom. The van der Waals surface area contributed by atoms with E-state index in [2.05, 4.69) is 4.99 Å². The molecule has 1 amide bonds. The van der Waals surface area contributed by atoms with Gasteiger partial charge >= 0.3 is 0 Å². The van der Waals surface area contributed by atoms with Crippen molar-refractivity contribution in [3.8, 4) is 17.2 Å². The highest BCUT2D eigenvalue weighted by Crippen LogP contribution is 2.27. The van der Waals surface area contributed by atoms with Gasteiger partial charge in [-0.15, -0.1) is 0 Å². The molecule has 2 heterocycles. The Kier molecular flexibility index (Phi) is 6.37. The van der Waals surface area contributed by atoms with Crippen molar-refractivity contribution in [1.82, 2.24) is 4.90 Å². The van der Waals surface area contributed by atoms with E-state index in [9.17, 15) is 4.79 Å². The van der Waals surface area contributed by atoms with Crippen molar-refractivity contribution in [2.24, 2.45) is 4.99 Å². The summed E-state index contributed by atoms with van der Waals surface area (Å²) >= 11 is 1.33. The van der Waals surface area contributed by atoms with Crippen molar-refractivity contribution in [3.05, 3.63) is 71.3 Å². The number of nitrogens with zero attached hydrogens (tertiary/aromatic N) is 2. The van der Waals surface area contributed by atoms with Crippen LogP contribution in [0.4, 0.5) is 0 Å². The minimum Gasteiger partial charge on any atom is -0.497 e. The van der Waals surface area contributed by atoms with Gasteiger partial charge in [-0.1, -0.05) is 23.9 Å². The number of rotatable bonds is 8. The molecule has 0 fully saturated rings. The summed E-state index contributed by atoms with van der Waals surface area (Å²) in [5.41, 5.74) is 1.07. The molecule has 31 heavy (non-hydrogen) atoms. The van der Waals surface area contributed by atoms with Crippen LogP contribution in [0.15, 0.2) is 70.7 Å². The molecule has 158 valence electrons. The SMILES string of the molecule is COc1ccc(OCCCOc2ccc(/C=C3/C(=N)N4C=CSC4=NC3=O)cc2)cc1. The largest absolute Gasteiger partial charge is 0.497 e. The Labute approximate surface area is 184 Å². The summed E-state index contributed by atoms with van der Waals surface area (Å²) in [5.74, 6) is 2.05. The van der Waals surface area contributed by atoms with Gasteiger partial charge in [-0.3, -0.25) is 15.1 Å². The van der Waals surface area contributed by atoms with E-state index in [-0.39, 0.29) is 11.4 Å². The lowest BCUT2D eigenvalue weighted by Gasteiger charge is -2.22. The number of aliphatic imine (C=N–C) groups is 1. The number of hydrogen-bond donors (Lipinski definition) is 1. The summed E-state index contributed by atoms with van der Waals surface area (Å²) < 4.78 is 16.6. The molecule has 2 aromatic carbocycles. The summed E-state index contributed by atoms with van der Waals surface area (Å²) in [6.07, 6.45) is 4.15. The summed E-state index contributed by atoms with van der Waals surface area (Å²) in [6.45, 7) is 1.07. The zero-order valence-electron chi connectivity index (χ0n) is 16.9. The molecule has 1 N–H and O–H groups in total. The van der Waals surface area contributed by atoms with Crippen LogP contribution >= 0.6 is 11.8 Å². The molecule has 0 aromatic heterocycles. The minimum absolute atomic E-state index is 0.133. The van der Waals surface area contributed by atoms with E-state index in [4.69, 9.17) is 19.6 Å². The monoisotopic (exact) mass is 435 g/mol. The maximum absolute atomic E-state index is 12.2. The third-order valence-electron chi connectivity index (χ3n) is 4.59. The summed E-state index contributed by atoms with van der Waals surface area (Å²) in [4.78, 5) is 17.9. The summed E-state index contributed by atoms with van der Waals surface area (Å²) in [6, 6.07) is 14.8. The van der Waals surface area contributed by atoms with Gasteiger partial charge in [0.15, 0.2) is 5.17 Å². The van der Waals surface area contributed by atoms with E-state index in [1.54, 1.807) is 29.7 Å². The number of methoxy groups -OCH3 is 1. The number of fused-ring (bicyclic) bond motifs is 1. The van der Waals surface area contributed by atoms with Crippen LogP contribution in [0.1, 0.15) is 12.0 Å². The van der Waals surface area contributed by atoms with Gasteiger partial charge in [0, 0.05) is 12.6 Å². The first kappa shape index (κ1) is 20.7. The average Bonchev–Trinajstić information content (AvgIpc) is 3.26. The smallest absolute Gasteiger partial charge is 0.283 e. The molecule has 0 aliphatic carbocycles. The summed E-state index contributed by atoms with van der Waals surface area (Å²) in [7, 11) is 1.63. The fraction of sp³-hybridized carbons (Fsp3) is 0.174. The second kappa shape index (κ2) is 9.53. The number of benzene rings is 2. The Hall–Kier alpha value is -3.52. The number of amidine groups is 2. The zero-order chi connectivity index (χ0) is 21.6. The van der Waals surface area contributed by atoms with E-state index in [0.29, 0.717) is 18.4 Å². The highest BCUT2D eigenvalue weighted by molar-refractivity contribution is 8.16.